The number of nitrogens with zero attached hydrogens (tertiary/aromatic N) is 4. The van der Waals surface area contributed by atoms with Gasteiger partial charge in [-0.3, -0.25) is 9.97 Å². The van der Waals surface area contributed by atoms with E-state index in [1.54, 1.807) is 0 Å². The highest BCUT2D eigenvalue weighted by molar-refractivity contribution is 6.09. The molecular formula is C24H18N4. The Morgan fingerprint density at radius 2 is 1.32 bits per heavy atom. The summed E-state index contributed by atoms with van der Waals surface area (Å²) in [5.41, 5.74) is 8.88. The molecule has 0 bridgehead atoms. The van der Waals surface area contributed by atoms with Crippen molar-refractivity contribution >= 4 is 43.9 Å². The number of hydrogen-bond donors (Lipinski definition) is 0. The number of fused-ring (bicyclic) bond motifs is 6. The van der Waals surface area contributed by atoms with Gasteiger partial charge in [0.2, 0.25) is 0 Å². The molecule has 0 amide bonds. The summed E-state index contributed by atoms with van der Waals surface area (Å²) in [6.07, 6.45) is 3.78. The lowest BCUT2D eigenvalue weighted by Crippen LogP contribution is -1.89. The number of aromatic nitrogens is 4. The quantitative estimate of drug-likeness (QED) is 0.391. The zero-order valence-corrected chi connectivity index (χ0v) is 15.7. The Labute approximate surface area is 161 Å². The summed E-state index contributed by atoms with van der Waals surface area (Å²) in [7, 11) is 4.20. The standard InChI is InChI=1S/C24H18N4/c1-27-19-7-4-3-6-17(19)18-10-9-15(12-21(18)27)16-13-22-24(26-14-16)23-20(28(22)2)8-5-11-25-23/h3-14H,1-2H3. The summed E-state index contributed by atoms with van der Waals surface area (Å²) < 4.78 is 4.43. The fourth-order valence-corrected chi connectivity index (χ4v) is 4.37. The summed E-state index contributed by atoms with van der Waals surface area (Å²) in [4.78, 5) is 9.28. The average Bonchev–Trinajstić information content (AvgIpc) is 3.20. The van der Waals surface area contributed by atoms with E-state index in [1.807, 2.05) is 18.5 Å². The Bertz CT molecular complexity index is 1420. The van der Waals surface area contributed by atoms with Crippen LogP contribution in [0.15, 0.2) is 73.1 Å². The molecule has 4 heterocycles. The molecule has 0 saturated carbocycles. The molecule has 2 aromatic carbocycles. The van der Waals surface area contributed by atoms with Crippen LogP contribution in [0.4, 0.5) is 0 Å². The number of hydrogen-bond acceptors (Lipinski definition) is 2. The maximum absolute atomic E-state index is 4.76. The van der Waals surface area contributed by atoms with E-state index in [-0.39, 0.29) is 0 Å². The molecule has 0 unspecified atom stereocenters. The number of para-hydroxylation sites is 1. The molecule has 0 spiro atoms. The second-order valence-electron chi connectivity index (χ2n) is 7.33. The van der Waals surface area contributed by atoms with E-state index in [1.165, 1.54) is 27.4 Å². The summed E-state index contributed by atoms with van der Waals surface area (Å²) in [5.74, 6) is 0. The summed E-state index contributed by atoms with van der Waals surface area (Å²) >= 11 is 0. The molecule has 0 atom stereocenters. The number of rotatable bonds is 1. The maximum atomic E-state index is 4.76. The van der Waals surface area contributed by atoms with E-state index in [2.05, 4.69) is 82.8 Å². The van der Waals surface area contributed by atoms with Crippen LogP contribution >= 0.6 is 0 Å². The van der Waals surface area contributed by atoms with Gasteiger partial charge in [0.1, 0.15) is 11.0 Å². The first-order chi connectivity index (χ1) is 13.7. The van der Waals surface area contributed by atoms with Crippen molar-refractivity contribution in [2.24, 2.45) is 14.1 Å². The summed E-state index contributed by atoms with van der Waals surface area (Å²) in [5, 5.41) is 2.57. The summed E-state index contributed by atoms with van der Waals surface area (Å²) in [6, 6.07) is 21.5. The lowest BCUT2D eigenvalue weighted by molar-refractivity contribution is 1.01. The Balaban J connectivity index is 1.61. The smallest absolute Gasteiger partial charge is 0.114 e. The molecule has 0 saturated heterocycles. The van der Waals surface area contributed by atoms with Crippen molar-refractivity contribution in [3.63, 3.8) is 0 Å². The van der Waals surface area contributed by atoms with E-state index in [0.29, 0.717) is 0 Å². The molecule has 6 rings (SSSR count). The van der Waals surface area contributed by atoms with Crippen molar-refractivity contribution in [3.05, 3.63) is 73.1 Å². The van der Waals surface area contributed by atoms with Crippen LogP contribution in [-0.2, 0) is 14.1 Å². The van der Waals surface area contributed by atoms with Gasteiger partial charge in [0.05, 0.1) is 11.0 Å². The minimum Gasteiger partial charge on any atom is -0.344 e. The highest BCUT2D eigenvalue weighted by Crippen LogP contribution is 2.33. The highest BCUT2D eigenvalue weighted by Gasteiger charge is 2.13. The molecule has 0 fully saturated rings. The van der Waals surface area contributed by atoms with E-state index >= 15 is 0 Å². The number of pyridine rings is 2. The Hall–Kier alpha value is -3.66. The monoisotopic (exact) mass is 362 g/mol. The van der Waals surface area contributed by atoms with Gasteiger partial charge < -0.3 is 9.13 Å². The first-order valence-electron chi connectivity index (χ1n) is 9.39. The minimum atomic E-state index is 0.951. The molecule has 0 aliphatic rings. The van der Waals surface area contributed by atoms with Crippen LogP contribution in [0.1, 0.15) is 0 Å². The van der Waals surface area contributed by atoms with E-state index in [4.69, 9.17) is 4.98 Å². The predicted molar refractivity (Wildman–Crippen MR) is 115 cm³/mol. The van der Waals surface area contributed by atoms with Crippen molar-refractivity contribution in [2.45, 2.75) is 0 Å². The minimum absolute atomic E-state index is 0.951. The van der Waals surface area contributed by atoms with Gasteiger partial charge in [0.25, 0.3) is 0 Å². The van der Waals surface area contributed by atoms with E-state index in [0.717, 1.165) is 27.6 Å². The van der Waals surface area contributed by atoms with E-state index < -0.39 is 0 Å². The molecule has 28 heavy (non-hydrogen) atoms. The third-order valence-corrected chi connectivity index (χ3v) is 5.85. The average molecular weight is 362 g/mol. The van der Waals surface area contributed by atoms with Crippen molar-refractivity contribution in [2.75, 3.05) is 0 Å². The normalized spacial score (nSPS) is 11.9. The number of benzene rings is 2. The molecule has 0 aliphatic heterocycles. The molecule has 4 aromatic heterocycles. The lowest BCUT2D eigenvalue weighted by atomic mass is 10.0. The molecule has 0 N–H and O–H groups in total. The Morgan fingerprint density at radius 3 is 2.25 bits per heavy atom. The SMILES string of the molecule is Cn1c2ccccc2c2ccc(-c3cnc4c5ncccc5n(C)c4c3)cc21. The van der Waals surface area contributed by atoms with E-state index in [9.17, 15) is 0 Å². The van der Waals surface area contributed by atoms with Crippen molar-refractivity contribution in [3.8, 4) is 11.1 Å². The van der Waals surface area contributed by atoms with Crippen LogP contribution in [0.2, 0.25) is 0 Å². The maximum Gasteiger partial charge on any atom is 0.114 e. The van der Waals surface area contributed by atoms with Gasteiger partial charge in [-0.05, 0) is 35.9 Å². The van der Waals surface area contributed by atoms with Gasteiger partial charge in [-0.2, -0.15) is 0 Å². The third-order valence-electron chi connectivity index (χ3n) is 5.85. The Kier molecular flexibility index (Phi) is 2.98. The van der Waals surface area contributed by atoms with Gasteiger partial charge in [-0.1, -0.05) is 30.3 Å². The third kappa shape index (κ3) is 1.94. The second-order valence-corrected chi connectivity index (χ2v) is 7.33. The fraction of sp³-hybridized carbons (Fsp3) is 0.0833. The van der Waals surface area contributed by atoms with Gasteiger partial charge in [0.15, 0.2) is 0 Å². The molecule has 6 aromatic rings. The van der Waals surface area contributed by atoms with Gasteiger partial charge in [-0.25, -0.2) is 0 Å². The van der Waals surface area contributed by atoms with Gasteiger partial charge >= 0.3 is 0 Å². The molecule has 0 radical (unpaired) electrons. The van der Waals surface area contributed by atoms with Crippen LogP contribution in [0.25, 0.3) is 55.0 Å². The first kappa shape index (κ1) is 15.4. The topological polar surface area (TPSA) is 35.6 Å². The predicted octanol–water partition coefficient (Wildman–Crippen LogP) is 5.43. The van der Waals surface area contributed by atoms with Crippen LogP contribution in [0.5, 0.6) is 0 Å². The van der Waals surface area contributed by atoms with Gasteiger partial charge in [0, 0.05) is 53.9 Å². The van der Waals surface area contributed by atoms with Crippen molar-refractivity contribution in [1.82, 2.24) is 19.1 Å². The lowest BCUT2D eigenvalue weighted by Gasteiger charge is -2.05. The van der Waals surface area contributed by atoms with Gasteiger partial charge in [-0.15, -0.1) is 0 Å². The number of aryl methyl sites for hydroxylation is 2. The Morgan fingerprint density at radius 1 is 0.607 bits per heavy atom. The second kappa shape index (κ2) is 5.42. The highest BCUT2D eigenvalue weighted by atomic mass is 15.0. The molecular weight excluding hydrogens is 344 g/mol. The van der Waals surface area contributed by atoms with Crippen molar-refractivity contribution < 1.29 is 0 Å². The van der Waals surface area contributed by atoms with Crippen LogP contribution in [0.3, 0.4) is 0 Å². The zero-order valence-electron chi connectivity index (χ0n) is 15.7. The van der Waals surface area contributed by atoms with Crippen LogP contribution < -0.4 is 0 Å². The first-order valence-corrected chi connectivity index (χ1v) is 9.39. The molecule has 134 valence electrons. The van der Waals surface area contributed by atoms with Crippen LogP contribution in [-0.4, -0.2) is 19.1 Å². The molecule has 0 aliphatic carbocycles. The van der Waals surface area contributed by atoms with Crippen LogP contribution in [0, 0.1) is 0 Å². The summed E-state index contributed by atoms with van der Waals surface area (Å²) in [6.45, 7) is 0. The fourth-order valence-electron chi connectivity index (χ4n) is 4.37. The zero-order chi connectivity index (χ0) is 18.8. The molecule has 4 nitrogen and oxygen atoms in total. The largest absolute Gasteiger partial charge is 0.344 e. The van der Waals surface area contributed by atoms with Crippen molar-refractivity contribution in [1.29, 1.82) is 0 Å². The molecule has 4 heteroatoms.